The number of ether oxygens (including phenoxy) is 1. The van der Waals surface area contributed by atoms with E-state index in [9.17, 15) is 9.59 Å². The monoisotopic (exact) mass is 418 g/mol. The van der Waals surface area contributed by atoms with Crippen molar-refractivity contribution in [2.45, 2.75) is 12.5 Å². The van der Waals surface area contributed by atoms with E-state index >= 15 is 0 Å². The van der Waals surface area contributed by atoms with Crippen LogP contribution in [-0.2, 0) is 14.4 Å². The predicted molar refractivity (Wildman–Crippen MR) is 117 cm³/mol. The SMILES string of the molecule is CO/N=C1\C[C@@H](C(=O)Nc2ccc3ncccc3c2)N(C(=O)COc2ccccc2)C1. The summed E-state index contributed by atoms with van der Waals surface area (Å²) in [5.74, 6) is -0.00257. The van der Waals surface area contributed by atoms with Crippen molar-refractivity contribution in [3.05, 3.63) is 66.9 Å². The lowest BCUT2D eigenvalue weighted by atomic mass is 10.1. The number of amides is 2. The second-order valence-electron chi connectivity index (χ2n) is 7.08. The van der Waals surface area contributed by atoms with Crippen LogP contribution in [0, 0.1) is 0 Å². The van der Waals surface area contributed by atoms with Crippen molar-refractivity contribution in [1.29, 1.82) is 0 Å². The number of carbonyl (C=O) groups is 2. The van der Waals surface area contributed by atoms with Crippen LogP contribution in [-0.4, -0.2) is 53.7 Å². The number of aromatic nitrogens is 1. The second-order valence-corrected chi connectivity index (χ2v) is 7.08. The number of anilines is 1. The molecule has 8 nitrogen and oxygen atoms in total. The zero-order valence-electron chi connectivity index (χ0n) is 17.0. The Morgan fingerprint density at radius 2 is 2.00 bits per heavy atom. The summed E-state index contributed by atoms with van der Waals surface area (Å²) < 4.78 is 5.57. The topological polar surface area (TPSA) is 93.1 Å². The van der Waals surface area contributed by atoms with Crippen molar-refractivity contribution in [2.24, 2.45) is 5.16 Å². The summed E-state index contributed by atoms with van der Waals surface area (Å²) in [5, 5.41) is 7.76. The van der Waals surface area contributed by atoms with E-state index in [1.54, 1.807) is 24.4 Å². The Bertz CT molecular complexity index is 1120. The first kappa shape index (κ1) is 20.3. The average molecular weight is 418 g/mol. The standard InChI is InChI=1S/C23H22N4O4/c1-30-26-18-13-21(27(14-18)22(28)15-31-19-7-3-2-4-8-19)23(29)25-17-9-10-20-16(12-17)6-5-11-24-20/h2-12,21H,13-15H2,1H3,(H,25,29)/b26-18+/t21-/m0/s1. The van der Waals surface area contributed by atoms with Gasteiger partial charge in [-0.1, -0.05) is 29.4 Å². The van der Waals surface area contributed by atoms with Gasteiger partial charge in [-0.05, 0) is 36.4 Å². The Labute approximate surface area is 179 Å². The van der Waals surface area contributed by atoms with Gasteiger partial charge in [0.2, 0.25) is 5.91 Å². The number of fused-ring (bicyclic) bond motifs is 1. The quantitative estimate of drug-likeness (QED) is 0.622. The number of benzene rings is 2. The Hall–Kier alpha value is -3.94. The summed E-state index contributed by atoms with van der Waals surface area (Å²) >= 11 is 0. The molecule has 8 heteroatoms. The molecule has 1 saturated heterocycles. The zero-order chi connectivity index (χ0) is 21.6. The van der Waals surface area contributed by atoms with Gasteiger partial charge < -0.3 is 19.8 Å². The summed E-state index contributed by atoms with van der Waals surface area (Å²) in [6, 6.07) is 17.6. The van der Waals surface area contributed by atoms with Gasteiger partial charge >= 0.3 is 0 Å². The third kappa shape index (κ3) is 4.80. The van der Waals surface area contributed by atoms with Crippen molar-refractivity contribution < 1.29 is 19.2 Å². The Morgan fingerprint density at radius 1 is 1.16 bits per heavy atom. The molecule has 1 N–H and O–H groups in total. The number of pyridine rings is 1. The highest BCUT2D eigenvalue weighted by molar-refractivity contribution is 6.05. The van der Waals surface area contributed by atoms with Gasteiger partial charge in [-0.15, -0.1) is 0 Å². The van der Waals surface area contributed by atoms with Crippen LogP contribution >= 0.6 is 0 Å². The first-order valence-electron chi connectivity index (χ1n) is 9.86. The van der Waals surface area contributed by atoms with Crippen molar-refractivity contribution in [3.63, 3.8) is 0 Å². The molecule has 0 bridgehead atoms. The van der Waals surface area contributed by atoms with E-state index in [2.05, 4.69) is 15.5 Å². The Kier molecular flexibility index (Phi) is 6.07. The number of hydrogen-bond donors (Lipinski definition) is 1. The summed E-state index contributed by atoms with van der Waals surface area (Å²) in [6.07, 6.45) is 2.02. The maximum Gasteiger partial charge on any atom is 0.261 e. The number of para-hydroxylation sites is 1. The molecule has 3 aromatic rings. The van der Waals surface area contributed by atoms with Gasteiger partial charge in [-0.25, -0.2) is 0 Å². The molecule has 2 aromatic carbocycles. The molecule has 31 heavy (non-hydrogen) atoms. The molecule has 1 atom stereocenters. The normalized spacial score (nSPS) is 17.0. The number of rotatable bonds is 6. The Morgan fingerprint density at radius 3 is 2.81 bits per heavy atom. The van der Waals surface area contributed by atoms with E-state index in [1.165, 1.54) is 12.0 Å². The van der Waals surface area contributed by atoms with Gasteiger partial charge in [0.05, 0.1) is 17.8 Å². The molecule has 4 rings (SSSR count). The minimum Gasteiger partial charge on any atom is -0.484 e. The minimum atomic E-state index is -0.703. The maximum absolute atomic E-state index is 13.0. The number of carbonyl (C=O) groups excluding carboxylic acids is 2. The molecule has 2 amide bonds. The number of hydrogen-bond acceptors (Lipinski definition) is 6. The number of nitrogens with one attached hydrogen (secondary N) is 1. The van der Waals surface area contributed by atoms with Crippen LogP contribution in [0.5, 0.6) is 5.75 Å². The lowest BCUT2D eigenvalue weighted by Crippen LogP contribution is -2.45. The van der Waals surface area contributed by atoms with Crippen molar-refractivity contribution in [1.82, 2.24) is 9.88 Å². The van der Waals surface area contributed by atoms with Crippen LogP contribution in [0.2, 0.25) is 0 Å². The predicted octanol–water partition coefficient (Wildman–Crippen LogP) is 2.86. The minimum absolute atomic E-state index is 0.171. The number of likely N-dealkylation sites (tertiary alicyclic amines) is 1. The molecule has 1 aliphatic rings. The summed E-state index contributed by atoms with van der Waals surface area (Å²) in [6.45, 7) is 0.0419. The van der Waals surface area contributed by atoms with Crippen LogP contribution < -0.4 is 10.1 Å². The van der Waals surface area contributed by atoms with E-state index in [-0.39, 0.29) is 25.0 Å². The van der Waals surface area contributed by atoms with Gasteiger partial charge in [0, 0.05) is 23.7 Å². The highest BCUT2D eigenvalue weighted by Crippen LogP contribution is 2.21. The van der Waals surface area contributed by atoms with Gasteiger partial charge in [-0.2, -0.15) is 0 Å². The van der Waals surface area contributed by atoms with Crippen LogP contribution in [0.25, 0.3) is 10.9 Å². The molecule has 0 aliphatic carbocycles. The van der Waals surface area contributed by atoms with Gasteiger partial charge in [-0.3, -0.25) is 14.6 Å². The summed E-state index contributed by atoms with van der Waals surface area (Å²) in [4.78, 5) is 36.5. The molecule has 158 valence electrons. The fourth-order valence-corrected chi connectivity index (χ4v) is 3.52. The van der Waals surface area contributed by atoms with E-state index in [0.717, 1.165) is 10.9 Å². The fraction of sp³-hybridized carbons (Fsp3) is 0.217. The number of oxime groups is 1. The highest BCUT2D eigenvalue weighted by Gasteiger charge is 2.38. The third-order valence-corrected chi connectivity index (χ3v) is 4.98. The molecule has 0 unspecified atom stereocenters. The molecule has 1 aliphatic heterocycles. The average Bonchev–Trinajstić information content (AvgIpc) is 3.22. The number of nitrogens with zero attached hydrogens (tertiary/aromatic N) is 3. The molecule has 1 aromatic heterocycles. The molecule has 2 heterocycles. The molecule has 0 radical (unpaired) electrons. The summed E-state index contributed by atoms with van der Waals surface area (Å²) in [5.41, 5.74) is 2.10. The van der Waals surface area contributed by atoms with Crippen molar-refractivity contribution in [3.8, 4) is 5.75 Å². The molecule has 0 spiro atoms. The lowest BCUT2D eigenvalue weighted by molar-refractivity contribution is -0.138. The van der Waals surface area contributed by atoms with Crippen LogP contribution in [0.1, 0.15) is 6.42 Å². The van der Waals surface area contributed by atoms with Crippen LogP contribution in [0.4, 0.5) is 5.69 Å². The second kappa shape index (κ2) is 9.25. The largest absolute Gasteiger partial charge is 0.484 e. The van der Waals surface area contributed by atoms with E-state index in [1.807, 2.05) is 42.5 Å². The van der Waals surface area contributed by atoms with E-state index in [4.69, 9.17) is 9.57 Å². The Balaban J connectivity index is 1.48. The maximum atomic E-state index is 13.0. The first-order valence-corrected chi connectivity index (χ1v) is 9.86. The third-order valence-electron chi connectivity index (χ3n) is 4.98. The first-order chi connectivity index (χ1) is 15.1. The van der Waals surface area contributed by atoms with Gasteiger partial charge in [0.15, 0.2) is 6.61 Å². The summed E-state index contributed by atoms with van der Waals surface area (Å²) in [7, 11) is 1.44. The van der Waals surface area contributed by atoms with E-state index < -0.39 is 6.04 Å². The van der Waals surface area contributed by atoms with Crippen LogP contribution in [0.15, 0.2) is 72.0 Å². The highest BCUT2D eigenvalue weighted by atomic mass is 16.6. The molecule has 0 saturated carbocycles. The fourth-order valence-electron chi connectivity index (χ4n) is 3.52. The van der Waals surface area contributed by atoms with Gasteiger partial charge in [0.1, 0.15) is 18.9 Å². The molecular formula is C23H22N4O4. The van der Waals surface area contributed by atoms with Crippen LogP contribution in [0.3, 0.4) is 0 Å². The van der Waals surface area contributed by atoms with Crippen molar-refractivity contribution in [2.75, 3.05) is 25.6 Å². The van der Waals surface area contributed by atoms with Gasteiger partial charge in [0.25, 0.3) is 5.91 Å². The van der Waals surface area contributed by atoms with Crippen molar-refractivity contribution >= 4 is 34.1 Å². The van der Waals surface area contributed by atoms with E-state index in [0.29, 0.717) is 23.6 Å². The smallest absolute Gasteiger partial charge is 0.261 e. The molecular weight excluding hydrogens is 396 g/mol. The molecule has 1 fully saturated rings. The lowest BCUT2D eigenvalue weighted by Gasteiger charge is -2.23. The zero-order valence-corrected chi connectivity index (χ0v) is 17.0.